The van der Waals surface area contributed by atoms with Crippen molar-refractivity contribution in [2.24, 2.45) is 5.73 Å². The molecule has 202 valence electrons. The van der Waals surface area contributed by atoms with Crippen LogP contribution in [0.2, 0.25) is 0 Å². The predicted octanol–water partition coefficient (Wildman–Crippen LogP) is 4.26. The van der Waals surface area contributed by atoms with Crippen LogP contribution < -0.4 is 19.9 Å². The number of nitrogens with zero attached hydrogens (tertiary/aromatic N) is 1. The van der Waals surface area contributed by atoms with E-state index in [2.05, 4.69) is 0 Å². The van der Waals surface area contributed by atoms with Gasteiger partial charge in [-0.1, -0.05) is 36.8 Å². The Morgan fingerprint density at radius 1 is 1.18 bits per heavy atom. The third kappa shape index (κ3) is 5.53. The summed E-state index contributed by atoms with van der Waals surface area (Å²) in [5.74, 6) is 1.34. The Kier molecular flexibility index (Phi) is 8.06. The second kappa shape index (κ2) is 11.1. The molecule has 2 atom stereocenters. The van der Waals surface area contributed by atoms with Gasteiger partial charge in [0.2, 0.25) is 0 Å². The van der Waals surface area contributed by atoms with E-state index in [4.69, 9.17) is 30.0 Å². The number of methoxy groups -OCH3 is 1. The monoisotopic (exact) mass is 520 g/mol. The van der Waals surface area contributed by atoms with Gasteiger partial charge in [0.15, 0.2) is 23.0 Å². The van der Waals surface area contributed by atoms with E-state index >= 15 is 0 Å². The molecule has 0 spiro atoms. The van der Waals surface area contributed by atoms with E-state index in [1.54, 1.807) is 25.1 Å². The highest BCUT2D eigenvalue weighted by Gasteiger charge is 2.40. The second-order valence-electron chi connectivity index (χ2n) is 10.0. The number of hydrogen-bond donors (Lipinski definition) is 3. The molecule has 0 amide bonds. The van der Waals surface area contributed by atoms with Gasteiger partial charge in [-0.15, -0.1) is 0 Å². The van der Waals surface area contributed by atoms with Crippen molar-refractivity contribution in [2.75, 3.05) is 26.9 Å². The van der Waals surface area contributed by atoms with Crippen LogP contribution in [0.4, 0.5) is 0 Å². The molecule has 4 N–H and O–H groups in total. The molecule has 0 bridgehead atoms. The van der Waals surface area contributed by atoms with Crippen molar-refractivity contribution in [1.29, 1.82) is 0 Å². The fraction of sp³-hybridized carbons (Fsp3) is 0.400. The largest absolute Gasteiger partial charge is 0.493 e. The molecule has 0 unspecified atom stereocenters. The molecule has 0 radical (unpaired) electrons. The summed E-state index contributed by atoms with van der Waals surface area (Å²) >= 11 is 0. The number of aromatic nitrogens is 1. The Morgan fingerprint density at radius 2 is 1.92 bits per heavy atom. The van der Waals surface area contributed by atoms with E-state index in [1.807, 2.05) is 44.2 Å². The van der Waals surface area contributed by atoms with Crippen molar-refractivity contribution >= 4 is 5.78 Å². The summed E-state index contributed by atoms with van der Waals surface area (Å²) in [6.45, 7) is 6.03. The molecule has 8 heteroatoms. The number of Topliss-reactive ketones (excluding diaryl/α,β-unsaturated/α-hetero) is 1. The first-order valence-electron chi connectivity index (χ1n) is 12.8. The molecule has 1 aliphatic heterocycles. The molecular formula is C30H36N2O6. The molecule has 2 heterocycles. The van der Waals surface area contributed by atoms with Crippen LogP contribution in [0.1, 0.15) is 60.3 Å². The molecule has 4 rings (SSSR count). The highest BCUT2D eigenvalue weighted by Crippen LogP contribution is 2.45. The summed E-state index contributed by atoms with van der Waals surface area (Å²) in [5, 5.41) is 20.5. The number of aliphatic hydroxyl groups excluding tert-OH is 1. The average Bonchev–Trinajstić information content (AvgIpc) is 3.27. The Balaban J connectivity index is 1.62. The summed E-state index contributed by atoms with van der Waals surface area (Å²) in [5.41, 5.74) is 8.95. The molecule has 0 fully saturated rings. The van der Waals surface area contributed by atoms with E-state index < -0.39 is 11.1 Å². The van der Waals surface area contributed by atoms with Crippen LogP contribution in [0.5, 0.6) is 17.2 Å². The van der Waals surface area contributed by atoms with Crippen LogP contribution in [0.3, 0.4) is 0 Å². The summed E-state index contributed by atoms with van der Waals surface area (Å²) < 4.78 is 16.8. The predicted molar refractivity (Wildman–Crippen MR) is 145 cm³/mol. The van der Waals surface area contributed by atoms with Gasteiger partial charge >= 0.3 is 0 Å². The number of rotatable bonds is 11. The zero-order valence-corrected chi connectivity index (χ0v) is 22.4. The van der Waals surface area contributed by atoms with E-state index in [9.17, 15) is 9.90 Å². The second-order valence-corrected chi connectivity index (χ2v) is 10.0. The van der Waals surface area contributed by atoms with E-state index in [0.29, 0.717) is 47.2 Å². The number of ether oxygens (including phenoxy) is 3. The maximum Gasteiger partial charge on any atom is 0.163 e. The first-order valence-corrected chi connectivity index (χ1v) is 12.8. The van der Waals surface area contributed by atoms with Crippen molar-refractivity contribution in [1.82, 2.24) is 4.98 Å². The van der Waals surface area contributed by atoms with Crippen LogP contribution in [-0.4, -0.2) is 47.9 Å². The molecule has 0 saturated heterocycles. The fourth-order valence-corrected chi connectivity index (χ4v) is 4.55. The van der Waals surface area contributed by atoms with Crippen molar-refractivity contribution < 1.29 is 29.2 Å². The molecule has 1 aliphatic rings. The summed E-state index contributed by atoms with van der Waals surface area (Å²) in [6.07, 6.45) is 0.904. The Hall–Kier alpha value is -3.46. The van der Waals surface area contributed by atoms with Crippen LogP contribution in [0.25, 0.3) is 11.3 Å². The summed E-state index contributed by atoms with van der Waals surface area (Å²) in [7, 11) is 1.49. The number of benzene rings is 2. The lowest BCUT2D eigenvalue weighted by Crippen LogP contribution is -2.37. The zero-order chi connectivity index (χ0) is 27.5. The lowest BCUT2D eigenvalue weighted by molar-refractivity contribution is 0.0396. The first kappa shape index (κ1) is 27.6. The van der Waals surface area contributed by atoms with Gasteiger partial charge < -0.3 is 30.2 Å². The van der Waals surface area contributed by atoms with E-state index in [1.165, 1.54) is 7.11 Å². The number of nitrogens with two attached hydrogens (primary N) is 1. The normalized spacial score (nSPS) is 17.9. The van der Waals surface area contributed by atoms with Gasteiger partial charge in [0.1, 0.15) is 24.5 Å². The smallest absolute Gasteiger partial charge is 0.163 e. The van der Waals surface area contributed by atoms with Crippen molar-refractivity contribution in [3.05, 3.63) is 70.9 Å². The number of carbonyl (C=O) groups excluding carboxylic acids is 1. The standard InChI is InChI=1S/C30H36N2O6/c1-5-30(31)18-38-28-22(30)17-26(32-27(28)20-8-6-19(2)7-9-20)29(3,35)13-12-23(34)21-10-11-24(37-15-14-33)25(16-21)36-4/h6-11,16-17,33,35H,5,12-15,18,31H2,1-4H3/t29-,30+/m0/s1. The zero-order valence-electron chi connectivity index (χ0n) is 22.4. The lowest BCUT2D eigenvalue weighted by Gasteiger charge is -2.26. The van der Waals surface area contributed by atoms with Gasteiger partial charge in [0, 0.05) is 23.1 Å². The summed E-state index contributed by atoms with van der Waals surface area (Å²) in [4.78, 5) is 17.9. The maximum atomic E-state index is 13.1. The highest BCUT2D eigenvalue weighted by atomic mass is 16.5. The van der Waals surface area contributed by atoms with Crippen LogP contribution in [0, 0.1) is 6.92 Å². The third-order valence-corrected chi connectivity index (χ3v) is 7.16. The third-order valence-electron chi connectivity index (χ3n) is 7.16. The topological polar surface area (TPSA) is 124 Å². The minimum Gasteiger partial charge on any atom is -0.493 e. The van der Waals surface area contributed by atoms with Crippen molar-refractivity contribution in [3.8, 4) is 28.5 Å². The maximum absolute atomic E-state index is 13.1. The van der Waals surface area contributed by atoms with Crippen molar-refractivity contribution in [3.63, 3.8) is 0 Å². The SMILES string of the molecule is CC[C@@]1(N)COc2c1cc([C@@](C)(O)CCC(=O)c1ccc(OCCO)c(OC)c1)nc2-c1ccc(C)cc1. The Labute approximate surface area is 223 Å². The van der Waals surface area contributed by atoms with Gasteiger partial charge in [-0.2, -0.15) is 0 Å². The van der Waals surface area contributed by atoms with Gasteiger partial charge in [-0.05, 0) is 51.0 Å². The van der Waals surface area contributed by atoms with Crippen LogP contribution in [-0.2, 0) is 11.1 Å². The van der Waals surface area contributed by atoms with Crippen LogP contribution in [0.15, 0.2) is 48.5 Å². The number of aryl methyl sites for hydroxylation is 1. The van der Waals surface area contributed by atoms with E-state index in [-0.39, 0.29) is 31.8 Å². The van der Waals surface area contributed by atoms with Gasteiger partial charge in [-0.3, -0.25) is 4.79 Å². The average molecular weight is 521 g/mol. The number of fused-ring (bicyclic) bond motifs is 1. The van der Waals surface area contributed by atoms with Crippen molar-refractivity contribution in [2.45, 2.75) is 51.2 Å². The quantitative estimate of drug-likeness (QED) is 0.320. The minimum absolute atomic E-state index is 0.0870. The fourth-order valence-electron chi connectivity index (χ4n) is 4.55. The number of pyridine rings is 1. The molecule has 0 aliphatic carbocycles. The van der Waals surface area contributed by atoms with Gasteiger partial charge in [-0.25, -0.2) is 4.98 Å². The highest BCUT2D eigenvalue weighted by molar-refractivity contribution is 5.96. The first-order chi connectivity index (χ1) is 18.1. The molecule has 2 aromatic carbocycles. The lowest BCUT2D eigenvalue weighted by atomic mass is 9.86. The van der Waals surface area contributed by atoms with Gasteiger partial charge in [0.25, 0.3) is 0 Å². The number of ketones is 1. The molecule has 8 nitrogen and oxygen atoms in total. The van der Waals surface area contributed by atoms with Gasteiger partial charge in [0.05, 0.1) is 24.9 Å². The number of aliphatic hydroxyl groups is 2. The molecule has 0 saturated carbocycles. The summed E-state index contributed by atoms with van der Waals surface area (Å²) in [6, 6.07) is 14.7. The molecular weight excluding hydrogens is 484 g/mol. The molecule has 3 aromatic rings. The molecule has 38 heavy (non-hydrogen) atoms. The van der Waals surface area contributed by atoms with Crippen LogP contribution >= 0.6 is 0 Å². The number of carbonyl (C=O) groups is 1. The minimum atomic E-state index is -1.39. The molecule has 1 aromatic heterocycles. The number of hydrogen-bond acceptors (Lipinski definition) is 8. The van der Waals surface area contributed by atoms with E-state index in [0.717, 1.165) is 16.7 Å². The Bertz CT molecular complexity index is 1300. The Morgan fingerprint density at radius 3 is 2.58 bits per heavy atom.